The van der Waals surface area contributed by atoms with Crippen LogP contribution in [-0.2, 0) is 35.3 Å². The van der Waals surface area contributed by atoms with Gasteiger partial charge in [0, 0.05) is 19.3 Å². The molecule has 7 nitrogen and oxygen atoms in total. The van der Waals surface area contributed by atoms with Crippen LogP contribution in [-0.4, -0.2) is 35.8 Å². The van der Waals surface area contributed by atoms with Crippen LogP contribution < -0.4 is 5.32 Å². The van der Waals surface area contributed by atoms with Crippen molar-refractivity contribution in [2.45, 2.75) is 50.4 Å². The molecule has 1 N–H and O–H groups in total. The zero-order chi connectivity index (χ0) is 19.7. The molecule has 1 saturated heterocycles. The lowest BCUT2D eigenvalue weighted by Crippen LogP contribution is -2.52. The summed E-state index contributed by atoms with van der Waals surface area (Å²) in [6.07, 6.45) is 6.21. The van der Waals surface area contributed by atoms with Crippen molar-refractivity contribution in [3.63, 3.8) is 0 Å². The predicted octanol–water partition coefficient (Wildman–Crippen LogP) is 1.29. The molecule has 0 bridgehead atoms. The summed E-state index contributed by atoms with van der Waals surface area (Å²) in [5, 5.41) is 2.53. The van der Waals surface area contributed by atoms with Crippen LogP contribution in [0.4, 0.5) is 0 Å². The van der Waals surface area contributed by atoms with Crippen LogP contribution in [0.1, 0.15) is 37.7 Å². The maximum atomic E-state index is 12.7. The first-order chi connectivity index (χ1) is 13.0. The lowest BCUT2D eigenvalue weighted by Gasteiger charge is -2.27. The largest absolute Gasteiger partial charge is 0.459 e. The first-order valence-electron chi connectivity index (χ1n) is 8.61. The molecule has 1 aliphatic heterocycles. The van der Waals surface area contributed by atoms with Crippen LogP contribution in [0.15, 0.2) is 30.3 Å². The predicted molar refractivity (Wildman–Crippen MR) is 95.0 cm³/mol. The number of nitrogens with one attached hydrogen (secondary N) is 1. The number of rotatable bonds is 9. The van der Waals surface area contributed by atoms with Gasteiger partial charge in [0.1, 0.15) is 18.9 Å². The number of amides is 1. The van der Waals surface area contributed by atoms with Crippen molar-refractivity contribution in [1.29, 1.82) is 0 Å². The fraction of sp³-hybridized carbons (Fsp3) is 0.400. The quantitative estimate of drug-likeness (QED) is 0.399. The van der Waals surface area contributed by atoms with Gasteiger partial charge in [0.15, 0.2) is 0 Å². The van der Waals surface area contributed by atoms with Crippen LogP contribution in [0.25, 0.3) is 0 Å². The molecule has 1 amide bonds. The molecule has 1 aromatic rings. The number of hydrogen-bond acceptors (Lipinski definition) is 6. The molecular weight excluding hydrogens is 350 g/mol. The molecule has 2 atom stereocenters. The minimum atomic E-state index is -1.48. The Morgan fingerprint density at radius 1 is 1.37 bits per heavy atom. The number of ether oxygens (including phenoxy) is 2. The van der Waals surface area contributed by atoms with Crippen molar-refractivity contribution in [2.24, 2.45) is 0 Å². The van der Waals surface area contributed by atoms with E-state index in [2.05, 4.69) is 11.2 Å². The van der Waals surface area contributed by atoms with Gasteiger partial charge in [-0.2, -0.15) is 0 Å². The van der Waals surface area contributed by atoms with Gasteiger partial charge in [0.2, 0.25) is 5.60 Å². The van der Waals surface area contributed by atoms with Gasteiger partial charge < -0.3 is 19.6 Å². The maximum Gasteiger partial charge on any atom is 0.328 e. The summed E-state index contributed by atoms with van der Waals surface area (Å²) >= 11 is 0. The summed E-state index contributed by atoms with van der Waals surface area (Å²) in [5.41, 5.74) is -0.690. The second-order valence-corrected chi connectivity index (χ2v) is 6.21. The van der Waals surface area contributed by atoms with Crippen LogP contribution >= 0.6 is 0 Å². The highest BCUT2D eigenvalue weighted by Crippen LogP contribution is 2.30. The van der Waals surface area contributed by atoms with E-state index in [0.29, 0.717) is 6.29 Å². The van der Waals surface area contributed by atoms with E-state index in [9.17, 15) is 19.2 Å². The van der Waals surface area contributed by atoms with Gasteiger partial charge in [-0.1, -0.05) is 30.3 Å². The van der Waals surface area contributed by atoms with Gasteiger partial charge in [0.25, 0.3) is 5.91 Å². The van der Waals surface area contributed by atoms with Gasteiger partial charge >= 0.3 is 11.9 Å². The number of aldehydes is 1. The number of terminal acetylenes is 1. The van der Waals surface area contributed by atoms with E-state index in [1.165, 1.54) is 0 Å². The Morgan fingerprint density at radius 3 is 2.70 bits per heavy atom. The molecule has 7 heteroatoms. The number of hydrogen-bond donors (Lipinski definition) is 1. The fourth-order valence-corrected chi connectivity index (χ4v) is 2.76. The Morgan fingerprint density at radius 2 is 2.11 bits per heavy atom. The molecule has 1 aliphatic rings. The first-order valence-corrected chi connectivity index (χ1v) is 8.61. The van der Waals surface area contributed by atoms with Crippen LogP contribution in [0.2, 0.25) is 0 Å². The van der Waals surface area contributed by atoms with Gasteiger partial charge in [-0.3, -0.25) is 9.59 Å². The van der Waals surface area contributed by atoms with Gasteiger partial charge in [-0.15, -0.1) is 12.3 Å². The summed E-state index contributed by atoms with van der Waals surface area (Å²) in [6.45, 7) is 0.0393. The lowest BCUT2D eigenvalue weighted by atomic mass is 9.94. The highest BCUT2D eigenvalue weighted by Gasteiger charge is 2.47. The fourth-order valence-electron chi connectivity index (χ4n) is 2.76. The van der Waals surface area contributed by atoms with E-state index in [4.69, 9.17) is 15.9 Å². The molecule has 0 unspecified atom stereocenters. The van der Waals surface area contributed by atoms with E-state index in [0.717, 1.165) is 5.56 Å². The average Bonchev–Trinajstić information content (AvgIpc) is 3.06. The zero-order valence-electron chi connectivity index (χ0n) is 14.8. The standard InChI is InChI=1S/C20H21NO6/c1-2-11-20(12-10-17(23)27-20)19(25)21-16(9-6-13-22)18(24)26-14-15-7-4-3-5-8-15/h1,3-5,7-8,13,16H,6,9-12,14H2,(H,21,25)/t16-,20-/m0/s1. The molecule has 142 valence electrons. The molecule has 27 heavy (non-hydrogen) atoms. The Kier molecular flexibility index (Phi) is 7.12. The summed E-state index contributed by atoms with van der Waals surface area (Å²) in [5.74, 6) is 0.491. The lowest BCUT2D eigenvalue weighted by molar-refractivity contribution is -0.160. The van der Waals surface area contributed by atoms with Gasteiger partial charge in [0.05, 0.1) is 6.42 Å². The van der Waals surface area contributed by atoms with Crippen molar-refractivity contribution in [1.82, 2.24) is 5.32 Å². The van der Waals surface area contributed by atoms with Crippen LogP contribution in [0, 0.1) is 12.3 Å². The van der Waals surface area contributed by atoms with E-state index in [-0.39, 0.29) is 38.7 Å². The summed E-state index contributed by atoms with van der Waals surface area (Å²) in [6, 6.07) is 8.02. The third-order valence-electron chi connectivity index (χ3n) is 4.23. The Balaban J connectivity index is 2.04. The van der Waals surface area contributed by atoms with Crippen molar-refractivity contribution in [3.8, 4) is 12.3 Å². The summed E-state index contributed by atoms with van der Waals surface area (Å²) in [7, 11) is 0. The number of carbonyl (C=O) groups is 4. The van der Waals surface area contributed by atoms with Crippen LogP contribution in [0.5, 0.6) is 0 Å². The maximum absolute atomic E-state index is 12.7. The van der Waals surface area contributed by atoms with E-state index in [1.54, 1.807) is 12.1 Å². The van der Waals surface area contributed by atoms with Crippen molar-refractivity contribution >= 4 is 24.1 Å². The summed E-state index contributed by atoms with van der Waals surface area (Å²) in [4.78, 5) is 47.3. The minimum Gasteiger partial charge on any atom is -0.459 e. The highest BCUT2D eigenvalue weighted by atomic mass is 16.6. The number of benzene rings is 1. The molecule has 0 aromatic heterocycles. The van der Waals surface area contributed by atoms with Crippen molar-refractivity contribution < 1.29 is 28.7 Å². The normalized spacial score (nSPS) is 19.4. The Hall–Kier alpha value is -3.14. The molecule has 1 heterocycles. The zero-order valence-corrected chi connectivity index (χ0v) is 14.8. The first kappa shape index (κ1) is 20.2. The third kappa shape index (κ3) is 5.42. The van der Waals surface area contributed by atoms with E-state index < -0.39 is 29.5 Å². The van der Waals surface area contributed by atoms with Crippen LogP contribution in [0.3, 0.4) is 0 Å². The van der Waals surface area contributed by atoms with E-state index >= 15 is 0 Å². The van der Waals surface area contributed by atoms with E-state index in [1.807, 2.05) is 18.2 Å². The molecule has 0 aliphatic carbocycles. The second kappa shape index (κ2) is 9.53. The smallest absolute Gasteiger partial charge is 0.328 e. The van der Waals surface area contributed by atoms with Gasteiger partial charge in [-0.25, -0.2) is 4.79 Å². The highest BCUT2D eigenvalue weighted by molar-refractivity contribution is 5.93. The molecule has 0 radical (unpaired) electrons. The molecule has 1 fully saturated rings. The molecule has 0 saturated carbocycles. The van der Waals surface area contributed by atoms with Crippen molar-refractivity contribution in [2.75, 3.05) is 0 Å². The summed E-state index contributed by atoms with van der Waals surface area (Å²) < 4.78 is 10.4. The Bertz CT molecular complexity index is 739. The molecule has 0 spiro atoms. The third-order valence-corrected chi connectivity index (χ3v) is 4.23. The monoisotopic (exact) mass is 371 g/mol. The average molecular weight is 371 g/mol. The Labute approximate surface area is 157 Å². The second-order valence-electron chi connectivity index (χ2n) is 6.21. The topological polar surface area (TPSA) is 98.8 Å². The molecular formula is C20H21NO6. The molecule has 1 aromatic carbocycles. The number of carbonyl (C=O) groups excluding carboxylic acids is 4. The van der Waals surface area contributed by atoms with Gasteiger partial charge in [-0.05, 0) is 12.0 Å². The number of cyclic esters (lactones) is 1. The van der Waals surface area contributed by atoms with Crippen molar-refractivity contribution in [3.05, 3.63) is 35.9 Å². The number of esters is 2. The SMILES string of the molecule is C#CC[C@@]1(C(=O)N[C@@H](CCC=O)C(=O)OCc2ccccc2)CCC(=O)O1. The minimum absolute atomic E-state index is 0.0393. The molecule has 2 rings (SSSR count).